The molecule has 0 saturated heterocycles. The Kier molecular flexibility index (Phi) is 6.13. The highest BCUT2D eigenvalue weighted by atomic mass is 16.5. The number of aliphatic carboxylic acids is 1. The van der Waals surface area contributed by atoms with Crippen LogP contribution in [0.4, 0.5) is 0 Å². The van der Waals surface area contributed by atoms with Crippen LogP contribution in [0, 0.1) is 0 Å². The number of carbonyl (C=O) groups is 1. The Balaban J connectivity index is 4.52. The van der Waals surface area contributed by atoms with Gasteiger partial charge in [-0.2, -0.15) is 0 Å². The van der Waals surface area contributed by atoms with Crippen molar-refractivity contribution in [2.24, 2.45) is 0 Å². The lowest BCUT2D eigenvalue weighted by Gasteiger charge is -2.33. The standard InChI is InChI=1S/C13H27NO3/c1-7-8-13(5,11(15)16)14-10(2)9-12(3,4)17-6/h10,14H,7-9H2,1-6H3,(H,15,16). The summed E-state index contributed by atoms with van der Waals surface area (Å²) in [7, 11) is 1.68. The third-order valence-corrected chi connectivity index (χ3v) is 3.14. The fourth-order valence-corrected chi connectivity index (χ4v) is 2.16. The maximum Gasteiger partial charge on any atom is 0.323 e. The van der Waals surface area contributed by atoms with E-state index in [0.29, 0.717) is 6.42 Å². The summed E-state index contributed by atoms with van der Waals surface area (Å²) >= 11 is 0. The summed E-state index contributed by atoms with van der Waals surface area (Å²) in [5.74, 6) is -0.790. The lowest BCUT2D eigenvalue weighted by atomic mass is 9.92. The first-order valence-corrected chi connectivity index (χ1v) is 6.23. The van der Waals surface area contributed by atoms with Gasteiger partial charge >= 0.3 is 5.97 Å². The highest BCUT2D eigenvalue weighted by Gasteiger charge is 2.34. The molecule has 4 nitrogen and oxygen atoms in total. The van der Waals surface area contributed by atoms with Gasteiger partial charge in [-0.25, -0.2) is 0 Å². The number of rotatable bonds is 8. The number of methoxy groups -OCH3 is 1. The maximum atomic E-state index is 11.3. The molecular formula is C13H27NO3. The van der Waals surface area contributed by atoms with Gasteiger partial charge in [0, 0.05) is 13.2 Å². The Bertz CT molecular complexity index is 253. The van der Waals surface area contributed by atoms with Gasteiger partial charge in [0.05, 0.1) is 5.60 Å². The molecule has 0 radical (unpaired) electrons. The SMILES string of the molecule is CCCC(C)(NC(C)CC(C)(C)OC)C(=O)O. The minimum Gasteiger partial charge on any atom is -0.480 e. The molecule has 0 bridgehead atoms. The number of hydrogen-bond donors (Lipinski definition) is 2. The minimum absolute atomic E-state index is 0.0950. The van der Waals surface area contributed by atoms with Crippen LogP contribution < -0.4 is 5.32 Å². The van der Waals surface area contributed by atoms with Gasteiger partial charge in [-0.05, 0) is 40.5 Å². The first kappa shape index (κ1) is 16.4. The van der Waals surface area contributed by atoms with Crippen LogP contribution in [0.5, 0.6) is 0 Å². The average Bonchev–Trinajstić information content (AvgIpc) is 2.16. The zero-order chi connectivity index (χ0) is 13.7. The van der Waals surface area contributed by atoms with Crippen LogP contribution in [0.3, 0.4) is 0 Å². The molecule has 0 aliphatic carbocycles. The molecule has 0 saturated carbocycles. The molecule has 0 aromatic carbocycles. The molecule has 0 rings (SSSR count). The summed E-state index contributed by atoms with van der Waals surface area (Å²) in [4.78, 5) is 11.3. The summed E-state index contributed by atoms with van der Waals surface area (Å²) in [6, 6.07) is 0.0950. The fourth-order valence-electron chi connectivity index (χ4n) is 2.16. The Morgan fingerprint density at radius 3 is 2.29 bits per heavy atom. The largest absolute Gasteiger partial charge is 0.480 e. The molecule has 0 fully saturated rings. The van der Waals surface area contributed by atoms with E-state index in [9.17, 15) is 9.90 Å². The third-order valence-electron chi connectivity index (χ3n) is 3.14. The molecule has 4 heteroatoms. The summed E-state index contributed by atoms with van der Waals surface area (Å²) in [6.45, 7) is 9.74. The van der Waals surface area contributed by atoms with Crippen molar-refractivity contribution in [3.05, 3.63) is 0 Å². The molecular weight excluding hydrogens is 218 g/mol. The maximum absolute atomic E-state index is 11.3. The molecule has 2 N–H and O–H groups in total. The van der Waals surface area contributed by atoms with Crippen molar-refractivity contribution >= 4 is 5.97 Å². The van der Waals surface area contributed by atoms with Gasteiger partial charge < -0.3 is 9.84 Å². The van der Waals surface area contributed by atoms with Crippen molar-refractivity contribution in [1.82, 2.24) is 5.32 Å². The molecule has 102 valence electrons. The third kappa shape index (κ3) is 5.50. The van der Waals surface area contributed by atoms with E-state index >= 15 is 0 Å². The normalized spacial score (nSPS) is 17.5. The van der Waals surface area contributed by atoms with Crippen LogP contribution in [0.2, 0.25) is 0 Å². The van der Waals surface area contributed by atoms with Crippen molar-refractivity contribution in [1.29, 1.82) is 0 Å². The topological polar surface area (TPSA) is 58.6 Å². The fraction of sp³-hybridized carbons (Fsp3) is 0.923. The van der Waals surface area contributed by atoms with Gasteiger partial charge in [0.25, 0.3) is 0 Å². The second kappa shape index (κ2) is 6.36. The van der Waals surface area contributed by atoms with Crippen LogP contribution in [0.15, 0.2) is 0 Å². The minimum atomic E-state index is -0.849. The van der Waals surface area contributed by atoms with E-state index in [2.05, 4.69) is 5.32 Å². The highest BCUT2D eigenvalue weighted by Crippen LogP contribution is 2.19. The van der Waals surface area contributed by atoms with Crippen LogP contribution in [-0.2, 0) is 9.53 Å². The monoisotopic (exact) mass is 245 g/mol. The molecule has 0 heterocycles. The van der Waals surface area contributed by atoms with E-state index in [1.54, 1.807) is 14.0 Å². The van der Waals surface area contributed by atoms with Gasteiger partial charge in [0.1, 0.15) is 5.54 Å². The Morgan fingerprint density at radius 2 is 1.94 bits per heavy atom. The first-order chi connectivity index (χ1) is 7.67. The van der Waals surface area contributed by atoms with Gasteiger partial charge in [0.15, 0.2) is 0 Å². The number of ether oxygens (including phenoxy) is 1. The Labute approximate surface area is 105 Å². The van der Waals surface area contributed by atoms with Gasteiger partial charge in [-0.15, -0.1) is 0 Å². The number of carboxylic acid groups (broad SMARTS) is 1. The molecule has 2 unspecified atom stereocenters. The zero-order valence-electron chi connectivity index (χ0n) is 12.0. The predicted octanol–water partition coefficient (Wildman–Crippen LogP) is 2.42. The number of carboxylic acids is 1. The quantitative estimate of drug-likeness (QED) is 0.689. The van der Waals surface area contributed by atoms with Crippen molar-refractivity contribution in [3.63, 3.8) is 0 Å². The molecule has 0 aliphatic heterocycles. The zero-order valence-corrected chi connectivity index (χ0v) is 12.0. The van der Waals surface area contributed by atoms with Gasteiger partial charge in [-0.1, -0.05) is 13.3 Å². The molecule has 0 amide bonds. The first-order valence-electron chi connectivity index (χ1n) is 6.23. The van der Waals surface area contributed by atoms with Crippen LogP contribution >= 0.6 is 0 Å². The van der Waals surface area contributed by atoms with E-state index in [1.165, 1.54) is 0 Å². The summed E-state index contributed by atoms with van der Waals surface area (Å²) in [5, 5.41) is 12.5. The molecule has 17 heavy (non-hydrogen) atoms. The number of hydrogen-bond acceptors (Lipinski definition) is 3. The van der Waals surface area contributed by atoms with E-state index in [1.807, 2.05) is 27.7 Å². The lowest BCUT2D eigenvalue weighted by molar-refractivity contribution is -0.145. The average molecular weight is 245 g/mol. The second-order valence-corrected chi connectivity index (χ2v) is 5.60. The molecule has 0 aromatic heterocycles. The number of nitrogens with one attached hydrogen (secondary N) is 1. The van der Waals surface area contributed by atoms with E-state index in [-0.39, 0.29) is 11.6 Å². The van der Waals surface area contributed by atoms with E-state index in [4.69, 9.17) is 4.74 Å². The smallest absolute Gasteiger partial charge is 0.323 e. The van der Waals surface area contributed by atoms with Crippen LogP contribution in [-0.4, -0.2) is 35.4 Å². The van der Waals surface area contributed by atoms with Gasteiger partial charge in [0.2, 0.25) is 0 Å². The van der Waals surface area contributed by atoms with E-state index < -0.39 is 11.5 Å². The van der Waals surface area contributed by atoms with Crippen molar-refractivity contribution in [2.45, 2.75) is 71.1 Å². The predicted molar refractivity (Wildman–Crippen MR) is 69.3 cm³/mol. The van der Waals surface area contributed by atoms with Crippen molar-refractivity contribution in [2.75, 3.05) is 7.11 Å². The molecule has 2 atom stereocenters. The summed E-state index contributed by atoms with van der Waals surface area (Å²) < 4.78 is 5.36. The van der Waals surface area contributed by atoms with Crippen molar-refractivity contribution in [3.8, 4) is 0 Å². The summed E-state index contributed by atoms with van der Waals surface area (Å²) in [6.07, 6.45) is 2.24. The molecule has 0 aromatic rings. The highest BCUT2D eigenvalue weighted by molar-refractivity contribution is 5.78. The Morgan fingerprint density at radius 1 is 1.41 bits per heavy atom. The molecule has 0 spiro atoms. The Hall–Kier alpha value is -0.610. The van der Waals surface area contributed by atoms with E-state index in [0.717, 1.165) is 12.8 Å². The van der Waals surface area contributed by atoms with Gasteiger partial charge in [-0.3, -0.25) is 10.1 Å². The second-order valence-electron chi connectivity index (χ2n) is 5.60. The molecule has 0 aliphatic rings. The van der Waals surface area contributed by atoms with Crippen molar-refractivity contribution < 1.29 is 14.6 Å². The lowest BCUT2D eigenvalue weighted by Crippen LogP contribution is -2.54. The van der Waals surface area contributed by atoms with Crippen LogP contribution in [0.1, 0.15) is 53.9 Å². The van der Waals surface area contributed by atoms with Crippen LogP contribution in [0.25, 0.3) is 0 Å². The summed E-state index contributed by atoms with van der Waals surface area (Å²) in [5.41, 5.74) is -1.09.